The van der Waals surface area contributed by atoms with Crippen molar-refractivity contribution in [3.05, 3.63) is 11.9 Å². The van der Waals surface area contributed by atoms with Crippen LogP contribution < -0.4 is 10.1 Å². The second kappa shape index (κ2) is 7.02. The molecular weight excluding hydrogens is 272 g/mol. The highest BCUT2D eigenvalue weighted by Gasteiger charge is 2.36. The van der Waals surface area contributed by atoms with Crippen LogP contribution in [0.3, 0.4) is 0 Å². The van der Waals surface area contributed by atoms with Crippen molar-refractivity contribution < 1.29 is 14.3 Å². The molecule has 2 atom stereocenters. The monoisotopic (exact) mass is 296 g/mol. The van der Waals surface area contributed by atoms with E-state index in [4.69, 9.17) is 9.47 Å². The molecule has 1 aromatic rings. The fourth-order valence-electron chi connectivity index (χ4n) is 2.50. The van der Waals surface area contributed by atoms with Crippen LogP contribution in [0.4, 0.5) is 0 Å². The number of Topliss-reactive ketones (excluding diaryl/α,β-unsaturated/α-hetero) is 1. The summed E-state index contributed by atoms with van der Waals surface area (Å²) >= 11 is 0. The molecule has 0 radical (unpaired) electrons. The summed E-state index contributed by atoms with van der Waals surface area (Å²) < 4.78 is 12.5. The van der Waals surface area contributed by atoms with Gasteiger partial charge < -0.3 is 19.7 Å². The van der Waals surface area contributed by atoms with Crippen molar-refractivity contribution in [2.24, 2.45) is 5.92 Å². The number of carbonyl (C=O) groups excluding carboxylic acids is 1. The van der Waals surface area contributed by atoms with Gasteiger partial charge >= 0.3 is 0 Å². The SMILES string of the molecule is CNC1COCC1C(=O)c1c(OC)cnn1CCN(C)C. The van der Waals surface area contributed by atoms with Crippen molar-refractivity contribution in [2.45, 2.75) is 12.6 Å². The topological polar surface area (TPSA) is 68.6 Å². The van der Waals surface area contributed by atoms with Crippen molar-refractivity contribution in [3.8, 4) is 5.75 Å². The van der Waals surface area contributed by atoms with Crippen LogP contribution >= 0.6 is 0 Å². The van der Waals surface area contributed by atoms with E-state index in [0.29, 0.717) is 31.2 Å². The molecule has 0 aromatic carbocycles. The maximum Gasteiger partial charge on any atom is 0.191 e. The van der Waals surface area contributed by atoms with Crippen LogP contribution in [0.5, 0.6) is 5.75 Å². The van der Waals surface area contributed by atoms with Gasteiger partial charge in [0.05, 0.1) is 39.0 Å². The van der Waals surface area contributed by atoms with Crippen molar-refractivity contribution in [1.82, 2.24) is 20.0 Å². The first-order valence-electron chi connectivity index (χ1n) is 7.12. The van der Waals surface area contributed by atoms with Gasteiger partial charge in [0.1, 0.15) is 5.69 Å². The second-order valence-electron chi connectivity index (χ2n) is 5.49. The van der Waals surface area contributed by atoms with E-state index in [1.54, 1.807) is 18.0 Å². The molecule has 2 unspecified atom stereocenters. The predicted octanol–water partition coefficient (Wildman–Crippen LogP) is -0.130. The fourth-order valence-corrected chi connectivity index (χ4v) is 2.50. The van der Waals surface area contributed by atoms with E-state index < -0.39 is 0 Å². The Bertz CT molecular complexity index is 487. The lowest BCUT2D eigenvalue weighted by atomic mass is 9.96. The van der Waals surface area contributed by atoms with Crippen LogP contribution in [0.1, 0.15) is 10.5 Å². The van der Waals surface area contributed by atoms with Gasteiger partial charge in [-0.1, -0.05) is 0 Å². The molecule has 1 aliphatic heterocycles. The Labute approximate surface area is 125 Å². The molecule has 1 aliphatic rings. The van der Waals surface area contributed by atoms with E-state index in [2.05, 4.69) is 15.3 Å². The molecule has 0 saturated carbocycles. The number of ketones is 1. The van der Waals surface area contributed by atoms with Crippen molar-refractivity contribution in [1.29, 1.82) is 0 Å². The Morgan fingerprint density at radius 3 is 2.95 bits per heavy atom. The van der Waals surface area contributed by atoms with Crippen LogP contribution in [-0.4, -0.2) is 74.5 Å². The third-order valence-electron chi connectivity index (χ3n) is 3.81. The lowest BCUT2D eigenvalue weighted by Gasteiger charge is -2.17. The molecule has 2 heterocycles. The summed E-state index contributed by atoms with van der Waals surface area (Å²) in [6.07, 6.45) is 1.60. The zero-order chi connectivity index (χ0) is 15.4. The van der Waals surface area contributed by atoms with E-state index >= 15 is 0 Å². The molecule has 1 N–H and O–H groups in total. The summed E-state index contributed by atoms with van der Waals surface area (Å²) in [5.74, 6) is 0.360. The zero-order valence-electron chi connectivity index (χ0n) is 13.1. The Morgan fingerprint density at radius 2 is 2.33 bits per heavy atom. The molecule has 0 amide bonds. The minimum Gasteiger partial charge on any atom is -0.493 e. The molecule has 118 valence electrons. The van der Waals surface area contributed by atoms with Gasteiger partial charge in [0, 0.05) is 12.6 Å². The maximum atomic E-state index is 12.8. The van der Waals surface area contributed by atoms with Gasteiger partial charge in [0.25, 0.3) is 0 Å². The number of methoxy groups -OCH3 is 1. The first-order chi connectivity index (χ1) is 10.1. The Morgan fingerprint density at radius 1 is 1.57 bits per heavy atom. The Kier molecular flexibility index (Phi) is 5.33. The van der Waals surface area contributed by atoms with Crippen molar-refractivity contribution in [3.63, 3.8) is 0 Å². The number of rotatable bonds is 7. The second-order valence-corrected chi connectivity index (χ2v) is 5.49. The van der Waals surface area contributed by atoms with Gasteiger partial charge in [-0.25, -0.2) is 0 Å². The summed E-state index contributed by atoms with van der Waals surface area (Å²) in [6, 6.07) is 0.0411. The molecule has 2 rings (SSSR count). The van der Waals surface area contributed by atoms with Gasteiger partial charge in [-0.3, -0.25) is 9.48 Å². The van der Waals surface area contributed by atoms with E-state index in [0.717, 1.165) is 6.54 Å². The van der Waals surface area contributed by atoms with Crippen molar-refractivity contribution in [2.75, 3.05) is 48.0 Å². The number of ether oxygens (including phenoxy) is 2. The van der Waals surface area contributed by atoms with Crippen molar-refractivity contribution >= 4 is 5.78 Å². The maximum absolute atomic E-state index is 12.8. The van der Waals surface area contributed by atoms with Crippen LogP contribution in [0.15, 0.2) is 6.20 Å². The van der Waals surface area contributed by atoms with E-state index in [9.17, 15) is 4.79 Å². The number of hydrogen-bond acceptors (Lipinski definition) is 6. The normalized spacial score (nSPS) is 22.0. The number of carbonyl (C=O) groups is 1. The van der Waals surface area contributed by atoms with Gasteiger partial charge in [-0.05, 0) is 21.1 Å². The lowest BCUT2D eigenvalue weighted by molar-refractivity contribution is 0.0877. The first-order valence-corrected chi connectivity index (χ1v) is 7.12. The molecule has 7 nitrogen and oxygen atoms in total. The first kappa shape index (κ1) is 15.9. The van der Waals surface area contributed by atoms with E-state index in [1.165, 1.54) is 0 Å². The average Bonchev–Trinajstić information content (AvgIpc) is 3.10. The molecule has 0 aliphatic carbocycles. The highest BCUT2D eigenvalue weighted by Crippen LogP contribution is 2.25. The summed E-state index contributed by atoms with van der Waals surface area (Å²) in [7, 11) is 7.39. The van der Waals surface area contributed by atoms with Gasteiger partial charge in [-0.2, -0.15) is 5.10 Å². The quantitative estimate of drug-likeness (QED) is 0.707. The zero-order valence-corrected chi connectivity index (χ0v) is 13.1. The Balaban J connectivity index is 2.23. The smallest absolute Gasteiger partial charge is 0.191 e. The van der Waals surface area contributed by atoms with E-state index in [-0.39, 0.29) is 17.7 Å². The van der Waals surface area contributed by atoms with Crippen LogP contribution in [0, 0.1) is 5.92 Å². The molecule has 21 heavy (non-hydrogen) atoms. The fraction of sp³-hybridized carbons (Fsp3) is 0.714. The third-order valence-corrected chi connectivity index (χ3v) is 3.81. The summed E-state index contributed by atoms with van der Waals surface area (Å²) in [5, 5.41) is 7.42. The standard InChI is InChI=1S/C14H24N4O3/c1-15-11-9-21-8-10(11)14(19)13-12(20-4)7-16-18(13)6-5-17(2)3/h7,10-11,15H,5-6,8-9H2,1-4H3. The third kappa shape index (κ3) is 3.42. The molecule has 7 heteroatoms. The highest BCUT2D eigenvalue weighted by atomic mass is 16.5. The molecule has 0 bridgehead atoms. The molecular formula is C14H24N4O3. The molecule has 1 fully saturated rings. The number of hydrogen-bond donors (Lipinski definition) is 1. The number of aromatic nitrogens is 2. The minimum absolute atomic E-state index is 0.0277. The van der Waals surface area contributed by atoms with Crippen LogP contribution in [0.25, 0.3) is 0 Å². The summed E-state index contributed by atoms with van der Waals surface area (Å²) in [4.78, 5) is 14.9. The summed E-state index contributed by atoms with van der Waals surface area (Å²) in [6.45, 7) is 2.45. The van der Waals surface area contributed by atoms with Gasteiger partial charge in [0.2, 0.25) is 0 Å². The van der Waals surface area contributed by atoms with E-state index in [1.807, 2.05) is 21.1 Å². The largest absolute Gasteiger partial charge is 0.493 e. The number of nitrogens with zero attached hydrogens (tertiary/aromatic N) is 3. The highest BCUT2D eigenvalue weighted by molar-refractivity contribution is 5.99. The van der Waals surface area contributed by atoms with Crippen LogP contribution in [-0.2, 0) is 11.3 Å². The lowest BCUT2D eigenvalue weighted by Crippen LogP contribution is -2.38. The molecule has 0 spiro atoms. The predicted molar refractivity (Wildman–Crippen MR) is 78.8 cm³/mol. The molecule has 1 saturated heterocycles. The Hall–Kier alpha value is -1.44. The van der Waals surface area contributed by atoms with Crippen LogP contribution in [0.2, 0.25) is 0 Å². The average molecular weight is 296 g/mol. The minimum atomic E-state index is -0.196. The number of likely N-dealkylation sites (N-methyl/N-ethyl adjacent to an activating group) is 2. The number of nitrogens with one attached hydrogen (secondary N) is 1. The summed E-state index contributed by atoms with van der Waals surface area (Å²) in [5.41, 5.74) is 0.537. The van der Waals surface area contributed by atoms with Gasteiger partial charge in [-0.15, -0.1) is 0 Å². The molecule has 1 aromatic heterocycles. The van der Waals surface area contributed by atoms with Gasteiger partial charge in [0.15, 0.2) is 11.5 Å².